The molecule has 140 heavy (non-hydrogen) atoms. The zero-order valence-corrected chi connectivity index (χ0v) is 98.3. The van der Waals surface area contributed by atoms with Gasteiger partial charge in [0.2, 0.25) is 0 Å². The van der Waals surface area contributed by atoms with Gasteiger partial charge in [-0.2, -0.15) is 0 Å². The molecule has 9 N–H and O–H groups in total. The number of piperidine rings is 2. The Bertz CT molecular complexity index is 3830. The average Bonchev–Trinajstić information content (AvgIpc) is 1.61. The van der Waals surface area contributed by atoms with Crippen LogP contribution in [-0.4, -0.2) is 387 Å². The van der Waals surface area contributed by atoms with Crippen LogP contribution in [0.4, 0.5) is 28.8 Å². The lowest BCUT2D eigenvalue weighted by atomic mass is 9.97. The topological polar surface area (TPSA) is 440 Å². The second kappa shape index (κ2) is 59.9. The molecule has 0 aromatic heterocycles. The number of likely N-dealkylation sites (N-methyl/N-ethyl adjacent to an activating group) is 4. The number of aliphatic hydroxyl groups is 2. The summed E-state index contributed by atoms with van der Waals surface area (Å²) >= 11 is 0. The van der Waals surface area contributed by atoms with Crippen LogP contribution >= 0.6 is 12.4 Å². The number of amides is 6. The molecule has 2 spiro atoms. The first-order valence-electron chi connectivity index (χ1n) is 48.2. The molecule has 5 rings (SSSR count). The summed E-state index contributed by atoms with van der Waals surface area (Å²) in [7, 11) is 12.8. The van der Waals surface area contributed by atoms with E-state index in [4.69, 9.17) is 71.9 Å². The van der Waals surface area contributed by atoms with Gasteiger partial charge in [-0.3, -0.25) is 15.0 Å². The number of nitrogens with zero attached hydrogens (tertiary/aromatic N) is 7. The van der Waals surface area contributed by atoms with Gasteiger partial charge in [0.05, 0.1) is 66.5 Å². The van der Waals surface area contributed by atoms with E-state index in [2.05, 4.69) is 176 Å². The number of nitrogens with two attached hydrogens (primary N) is 1. The Labute approximate surface area is 851 Å². The Kier molecular flexibility index (Phi) is 58.9. The predicted octanol–water partition coefficient (Wildman–Crippen LogP) is 13.6. The summed E-state index contributed by atoms with van der Waals surface area (Å²) in [4.78, 5) is 131. The summed E-state index contributed by atoms with van der Waals surface area (Å²) in [5.41, 5.74) is 3.34. The molecule has 0 saturated carbocycles. The van der Waals surface area contributed by atoms with Crippen molar-refractivity contribution in [2.24, 2.45) is 5.73 Å². The van der Waals surface area contributed by atoms with Crippen LogP contribution in [0.2, 0.25) is 54.4 Å². The van der Waals surface area contributed by atoms with Crippen molar-refractivity contribution in [3.05, 3.63) is 35.4 Å². The molecule has 0 radical (unpaired) electrons. The van der Waals surface area contributed by atoms with Gasteiger partial charge in [0.1, 0.15) is 57.4 Å². The molecule has 42 heteroatoms. The number of likely N-dealkylation sites (tertiary alicyclic amines) is 2. The van der Waals surface area contributed by atoms with Gasteiger partial charge in [0.25, 0.3) is 0 Å². The van der Waals surface area contributed by atoms with Crippen LogP contribution in [0.15, 0.2) is 24.3 Å². The molecule has 7 atom stereocenters. The normalized spacial score (nSPS) is 17.5. The van der Waals surface area contributed by atoms with Gasteiger partial charge < -0.3 is 132 Å². The Hall–Kier alpha value is -6.50. The third kappa shape index (κ3) is 58.6. The standard InChI is InChI=1S/C24H37N3O4.C16H36N2O3Si.C15H29N3O3.C15H31NO5Si.C14H29NO4Si.C9H17NO5.C5H14N2O.ClH/c1-18(28)20-9-7-19(8-10-20)15-27-21(16-25(5)6)17-30-24(27)11-13-26(14-12-24)22(29)31-23(2,3)4;1-15(2,3)21-14(19)17-13(11-18(7)8)12-20-22(9,10)16(4,5)6;1-14(2,3)21-13(19)18-8-6-15(7-9-18)16-12(11-20-15)10-17(4)5;1-14(2,3)21-13(18)16-11(12(17)19-7)10-20-22(8,9)15(4,5)6;1-13(2,3)19-12(17)15-11(9-16)10-18-20(7,8)14(4,5)6;1-9(2,3)15-8(13)10-6(5-11)7(12)14-4;1-7(2)3-5(6)4-8;/h7-10,21H,11-17H2,1-6H3;13H,11-12H2,1-10H3,(H,17,19);12,16H,6-11H2,1-5H3;11H,10H2,1-9H3,(H,16,18);9,11H,10H2,1-8H3,(H,15,17);6,11H,5H2,1-4H3,(H,10,13);5,8H,3-4,6H2,1-2H3;1H. The Morgan fingerprint density at radius 1 is 0.479 bits per heavy atom. The third-order valence-corrected chi connectivity index (χ3v) is 36.2. The quantitative estimate of drug-likeness (QED) is 0.0121. The highest BCUT2D eigenvalue weighted by molar-refractivity contribution is 6.75. The molecular weight excluding hydrogens is 1880 g/mol. The molecule has 6 amide bonds. The number of ketones is 1. The van der Waals surface area contributed by atoms with Gasteiger partial charge >= 0.3 is 48.5 Å². The van der Waals surface area contributed by atoms with Crippen LogP contribution in [-0.2, 0) is 81.6 Å². The van der Waals surface area contributed by atoms with E-state index in [1.807, 2.05) is 125 Å². The third-order valence-electron chi connectivity index (χ3n) is 22.7. The zero-order valence-electron chi connectivity index (χ0n) is 94.5. The molecule has 0 bridgehead atoms. The van der Waals surface area contributed by atoms with Crippen molar-refractivity contribution in [3.63, 3.8) is 0 Å². The number of alkyl carbamates (subject to hydrolysis) is 4. The number of ether oxygens (including phenoxy) is 10. The molecule has 0 aliphatic carbocycles. The number of nitrogens with one attached hydrogen (secondary N) is 5. The van der Waals surface area contributed by atoms with Crippen molar-refractivity contribution in [2.75, 3.05) is 169 Å². The number of rotatable bonds is 29. The first kappa shape index (κ1) is 138. The number of hydrogen-bond donors (Lipinski definition) is 8. The lowest BCUT2D eigenvalue weighted by molar-refractivity contribution is -0.144. The summed E-state index contributed by atoms with van der Waals surface area (Å²) in [6.07, 6.45) is 0.907. The van der Waals surface area contributed by atoms with Crippen molar-refractivity contribution in [1.29, 1.82) is 0 Å². The second-order valence-electron chi connectivity index (χ2n) is 47.4. The van der Waals surface area contributed by atoms with Gasteiger partial charge in [-0.1, -0.05) is 86.6 Å². The number of aldehydes is 1. The van der Waals surface area contributed by atoms with E-state index in [1.165, 1.54) is 14.2 Å². The van der Waals surface area contributed by atoms with E-state index in [0.29, 0.717) is 58.3 Å². The highest BCUT2D eigenvalue weighted by Gasteiger charge is 2.51. The summed E-state index contributed by atoms with van der Waals surface area (Å²) in [6, 6.07) is 5.67. The number of hydrogen-bond acceptors (Lipinski definition) is 32. The molecule has 4 aliphatic heterocycles. The predicted molar refractivity (Wildman–Crippen MR) is 560 cm³/mol. The fourth-order valence-corrected chi connectivity index (χ4v) is 15.7. The van der Waals surface area contributed by atoms with E-state index in [9.17, 15) is 47.9 Å². The van der Waals surface area contributed by atoms with E-state index in [1.54, 1.807) is 79.0 Å². The van der Waals surface area contributed by atoms with Crippen LogP contribution in [0.25, 0.3) is 0 Å². The number of carbonyl (C=O) groups excluding carboxylic acids is 10. The maximum Gasteiger partial charge on any atom is 0.410 e. The van der Waals surface area contributed by atoms with Gasteiger partial charge in [-0.25, -0.2) is 38.4 Å². The monoisotopic (exact) mass is 2070 g/mol. The minimum atomic E-state index is -2.02. The Morgan fingerprint density at radius 2 is 0.836 bits per heavy atom. The maximum absolute atomic E-state index is 12.5. The van der Waals surface area contributed by atoms with E-state index < -0.39 is 120 Å². The molecule has 4 fully saturated rings. The highest BCUT2D eigenvalue weighted by Crippen LogP contribution is 2.42. The summed E-state index contributed by atoms with van der Waals surface area (Å²) in [5.74, 6) is -1.19. The minimum absolute atomic E-state index is 0. The van der Waals surface area contributed by atoms with Crippen molar-refractivity contribution < 1.29 is 119 Å². The number of benzene rings is 1. The van der Waals surface area contributed by atoms with Crippen LogP contribution in [0.5, 0.6) is 0 Å². The first-order valence-corrected chi connectivity index (χ1v) is 56.9. The fraction of sp³-hybridized carbons (Fsp3) is 0.837. The van der Waals surface area contributed by atoms with Crippen molar-refractivity contribution >= 4 is 97.9 Å². The molecule has 820 valence electrons. The average molecular weight is 2070 g/mol. The maximum atomic E-state index is 12.5. The minimum Gasteiger partial charge on any atom is -0.467 e. The largest absolute Gasteiger partial charge is 0.467 e. The van der Waals surface area contributed by atoms with E-state index in [0.717, 1.165) is 69.6 Å². The van der Waals surface area contributed by atoms with Crippen molar-refractivity contribution in [1.82, 2.24) is 60.9 Å². The van der Waals surface area contributed by atoms with Crippen LogP contribution in [0.1, 0.15) is 235 Å². The van der Waals surface area contributed by atoms with Crippen LogP contribution in [0.3, 0.4) is 0 Å². The number of carbonyl (C=O) groups is 10. The van der Waals surface area contributed by atoms with Gasteiger partial charge in [0, 0.05) is 108 Å². The SMILES string of the molecule is CC(=O)c1ccc(CN2C(CN(C)C)COC23CCN(C(=O)OC(C)(C)C)CC3)cc1.CC(C)(C)OC(=O)NC(C=O)CO[Si](C)(C)C(C)(C)C.CN(C)CC(CO[Si](C)(C)C(C)(C)C)NC(=O)OC(C)(C)C.CN(C)CC(N)CO.CN(C)CC1COC2(CCN(C(=O)OC(C)(C)C)CC2)N1.COC(=O)C(CO)NC(=O)OC(C)(C)C.COC(=O)C(CO[Si](C)(C)C(C)(C)C)NC(=O)OC(C)(C)C.Cl. The van der Waals surface area contributed by atoms with E-state index >= 15 is 0 Å². The molecule has 4 saturated heterocycles. The van der Waals surface area contributed by atoms with Crippen molar-refractivity contribution in [3.8, 4) is 0 Å². The number of esters is 2. The number of Topliss-reactive ketones (excluding diaryl/α,β-unsaturated/α-hetero) is 1. The van der Waals surface area contributed by atoms with Gasteiger partial charge in [-0.05, 0) is 248 Å². The number of methoxy groups -OCH3 is 2. The summed E-state index contributed by atoms with van der Waals surface area (Å²) in [6.45, 7) is 74.7. The smallest absolute Gasteiger partial charge is 0.410 e. The number of aliphatic hydroxyl groups excluding tert-OH is 2. The molecule has 7 unspecified atom stereocenters. The lowest BCUT2D eigenvalue weighted by Gasteiger charge is -2.45. The first-order chi connectivity index (χ1) is 62.8. The van der Waals surface area contributed by atoms with Gasteiger partial charge in [-0.15, -0.1) is 12.4 Å². The second-order valence-corrected chi connectivity index (χ2v) is 61.9. The molecule has 4 heterocycles. The lowest BCUT2D eigenvalue weighted by Crippen LogP contribution is -2.56. The van der Waals surface area contributed by atoms with Crippen LogP contribution < -0.4 is 32.3 Å². The molecule has 38 nitrogen and oxygen atoms in total. The van der Waals surface area contributed by atoms with E-state index in [-0.39, 0.29) is 94.9 Å². The molecular formula is C98H194ClN13O25Si3. The highest BCUT2D eigenvalue weighted by atomic mass is 35.5. The number of halogens is 1. The molecule has 4 aliphatic rings. The zero-order chi connectivity index (χ0) is 109. The van der Waals surface area contributed by atoms with Crippen LogP contribution in [0, 0.1) is 0 Å². The summed E-state index contributed by atoms with van der Waals surface area (Å²) in [5, 5.41) is 31.2. The molecule has 1 aromatic rings. The van der Waals surface area contributed by atoms with Gasteiger partial charge in [0.15, 0.2) is 42.8 Å². The summed E-state index contributed by atoms with van der Waals surface area (Å²) < 4.78 is 71.1. The Balaban J connectivity index is -0.00000160. The molecule has 1 aromatic carbocycles. The fourth-order valence-electron chi connectivity index (χ4n) is 12.6. The van der Waals surface area contributed by atoms with Crippen molar-refractivity contribution in [2.45, 2.75) is 368 Å². The Morgan fingerprint density at radius 3 is 1.17 bits per heavy atom.